The van der Waals surface area contributed by atoms with Crippen LogP contribution in [0.4, 0.5) is 0 Å². The molecule has 0 bridgehead atoms. The third kappa shape index (κ3) is 5.42. The Labute approximate surface area is 130 Å². The molecule has 120 valence electrons. The Morgan fingerprint density at radius 3 is 2.45 bits per heavy atom. The molecule has 2 aromatic rings. The molecule has 1 heterocycles. The van der Waals surface area contributed by atoms with Crippen molar-refractivity contribution in [3.8, 4) is 0 Å². The summed E-state index contributed by atoms with van der Waals surface area (Å²) in [4.78, 5) is 13.0. The van der Waals surface area contributed by atoms with Gasteiger partial charge >= 0.3 is 0 Å². The van der Waals surface area contributed by atoms with E-state index < -0.39 is 15.0 Å². The Balaban J connectivity index is 0.000000224. The number of hydrogen-bond acceptors (Lipinski definition) is 4. The molecular weight excluding hydrogens is 304 g/mol. The van der Waals surface area contributed by atoms with Crippen LogP contribution in [0.15, 0.2) is 41.6 Å². The van der Waals surface area contributed by atoms with Gasteiger partial charge in [-0.1, -0.05) is 31.5 Å². The number of rotatable bonds is 5. The largest absolute Gasteiger partial charge is 0.744 e. The lowest BCUT2D eigenvalue weighted by Crippen LogP contribution is -2.30. The Bertz CT molecular complexity index is 708. The van der Waals surface area contributed by atoms with Crippen molar-refractivity contribution in [3.05, 3.63) is 48.0 Å². The zero-order valence-corrected chi connectivity index (χ0v) is 13.5. The maximum absolute atomic E-state index is 10.5. The van der Waals surface area contributed by atoms with Crippen LogP contribution in [0, 0.1) is 0 Å². The first-order valence-corrected chi connectivity index (χ1v) is 8.33. The number of hydrogen-bond donors (Lipinski definition) is 1. The number of imidazole rings is 1. The fraction of sp³-hybridized carbons (Fsp3) is 0.333. The smallest absolute Gasteiger partial charge is 0.253 e. The number of aryl methyl sites for hydroxylation is 2. The highest BCUT2D eigenvalue weighted by Gasteiger charge is 2.05. The molecule has 22 heavy (non-hydrogen) atoms. The number of carbonyl (C=O) groups is 1. The van der Waals surface area contributed by atoms with Gasteiger partial charge < -0.3 is 4.55 Å². The summed E-state index contributed by atoms with van der Waals surface area (Å²) in [5.74, 6) is 1.32. The summed E-state index contributed by atoms with van der Waals surface area (Å²) in [6, 6.07) is 5.25. The van der Waals surface area contributed by atoms with Crippen LogP contribution in [0.3, 0.4) is 0 Å². The van der Waals surface area contributed by atoms with E-state index >= 15 is 0 Å². The highest BCUT2D eigenvalue weighted by Crippen LogP contribution is 2.11. The number of H-pyrrole nitrogens is 1. The van der Waals surface area contributed by atoms with Gasteiger partial charge in [0.2, 0.25) is 0 Å². The molecule has 0 radical (unpaired) electrons. The molecule has 1 aromatic carbocycles. The van der Waals surface area contributed by atoms with Gasteiger partial charge in [-0.2, -0.15) is 0 Å². The number of nitrogens with one attached hydrogen (secondary N) is 1. The molecule has 0 aliphatic heterocycles. The average molecular weight is 324 g/mol. The van der Waals surface area contributed by atoms with Gasteiger partial charge in [0.05, 0.1) is 11.9 Å². The second-order valence-electron chi connectivity index (χ2n) is 4.73. The van der Waals surface area contributed by atoms with Gasteiger partial charge in [-0.3, -0.25) is 4.79 Å². The number of aldehydes is 1. The van der Waals surface area contributed by atoms with Gasteiger partial charge in [0.1, 0.15) is 22.5 Å². The number of benzene rings is 1. The Morgan fingerprint density at radius 1 is 1.32 bits per heavy atom. The van der Waals surface area contributed by atoms with E-state index in [1.54, 1.807) is 0 Å². The molecule has 0 saturated carbocycles. The Hall–Kier alpha value is -1.99. The third-order valence-corrected chi connectivity index (χ3v) is 3.97. The molecule has 0 saturated heterocycles. The van der Waals surface area contributed by atoms with Crippen LogP contribution in [0.1, 0.15) is 35.9 Å². The third-order valence-electron chi connectivity index (χ3n) is 3.06. The molecule has 0 aliphatic rings. The number of unbranched alkanes of at least 4 members (excludes halogenated alkanes) is 1. The van der Waals surface area contributed by atoms with E-state index in [1.165, 1.54) is 43.3 Å². The van der Waals surface area contributed by atoms with Crippen LogP contribution in [0.2, 0.25) is 0 Å². The van der Waals surface area contributed by atoms with Crippen molar-refractivity contribution in [2.24, 2.45) is 7.05 Å². The second kappa shape index (κ2) is 8.45. The average Bonchev–Trinajstić information content (AvgIpc) is 2.90. The fourth-order valence-electron chi connectivity index (χ4n) is 1.84. The molecule has 0 fully saturated rings. The quantitative estimate of drug-likeness (QED) is 0.513. The van der Waals surface area contributed by atoms with E-state index in [-0.39, 0.29) is 5.56 Å². The molecule has 0 aliphatic carbocycles. The van der Waals surface area contributed by atoms with E-state index in [1.807, 2.05) is 12.4 Å². The van der Waals surface area contributed by atoms with Gasteiger partial charge in [0.15, 0.2) is 6.29 Å². The number of aromatic amines is 1. The summed E-state index contributed by atoms with van der Waals surface area (Å²) >= 11 is 0. The maximum atomic E-state index is 10.5. The zero-order valence-electron chi connectivity index (χ0n) is 12.7. The van der Waals surface area contributed by atoms with Crippen molar-refractivity contribution in [2.75, 3.05) is 0 Å². The molecule has 0 spiro atoms. The summed E-state index contributed by atoms with van der Waals surface area (Å²) in [5, 5.41) is 0. The number of nitrogens with zero attached hydrogens (tertiary/aromatic N) is 1. The monoisotopic (exact) mass is 324 g/mol. The lowest BCUT2D eigenvalue weighted by atomic mass is 10.2. The lowest BCUT2D eigenvalue weighted by molar-refractivity contribution is -0.677. The second-order valence-corrected chi connectivity index (χ2v) is 6.08. The van der Waals surface area contributed by atoms with Gasteiger partial charge in [0, 0.05) is 12.0 Å². The highest BCUT2D eigenvalue weighted by atomic mass is 32.2. The van der Waals surface area contributed by atoms with Crippen molar-refractivity contribution < 1.29 is 22.3 Å². The summed E-state index contributed by atoms with van der Waals surface area (Å²) < 4.78 is 33.6. The van der Waals surface area contributed by atoms with Gasteiger partial charge in [-0.15, -0.1) is 0 Å². The minimum Gasteiger partial charge on any atom is -0.744 e. The highest BCUT2D eigenvalue weighted by molar-refractivity contribution is 7.85. The van der Waals surface area contributed by atoms with E-state index in [4.69, 9.17) is 0 Å². The van der Waals surface area contributed by atoms with Crippen LogP contribution < -0.4 is 4.57 Å². The maximum Gasteiger partial charge on any atom is 0.253 e. The molecule has 6 nitrogen and oxygen atoms in total. The molecule has 1 N–H and O–H groups in total. The molecule has 0 unspecified atom stereocenters. The Morgan fingerprint density at radius 2 is 2.00 bits per heavy atom. The van der Waals surface area contributed by atoms with E-state index in [0.29, 0.717) is 6.29 Å². The van der Waals surface area contributed by atoms with Crippen molar-refractivity contribution in [3.63, 3.8) is 0 Å². The van der Waals surface area contributed by atoms with Crippen LogP contribution in [0.5, 0.6) is 0 Å². The molecule has 0 atom stereocenters. The van der Waals surface area contributed by atoms with Crippen LogP contribution in [-0.4, -0.2) is 24.2 Å². The molecular formula is C15H20N2O4S. The first kappa shape index (κ1) is 18.1. The summed E-state index contributed by atoms with van der Waals surface area (Å²) in [6.45, 7) is 2.21. The summed E-state index contributed by atoms with van der Waals surface area (Å²) in [6.07, 6.45) is 8.06. The van der Waals surface area contributed by atoms with E-state index in [2.05, 4.69) is 23.5 Å². The van der Waals surface area contributed by atoms with E-state index in [0.717, 1.165) is 6.07 Å². The SMILES string of the molecule is CCCCc1[nH]cc[n+]1C.O=Cc1ccccc1S(=O)(=O)[O-]. The summed E-state index contributed by atoms with van der Waals surface area (Å²) in [7, 11) is -2.46. The van der Waals surface area contributed by atoms with Gasteiger partial charge in [0.25, 0.3) is 5.82 Å². The standard InChI is InChI=1S/C8H14N2.C7H6O4S/c1-3-4-5-8-9-6-7-10(8)2;8-5-6-3-1-2-4-7(6)12(9,10)11/h6-7H,3-5H2,1-2H3;1-5H,(H,9,10,11). The lowest BCUT2D eigenvalue weighted by Gasteiger charge is -2.07. The zero-order chi connectivity index (χ0) is 16.6. The molecule has 2 rings (SSSR count). The normalized spacial score (nSPS) is 10.7. The van der Waals surface area contributed by atoms with Crippen LogP contribution in [0.25, 0.3) is 0 Å². The van der Waals surface area contributed by atoms with Crippen molar-refractivity contribution in [2.45, 2.75) is 31.1 Å². The molecule has 7 heteroatoms. The first-order chi connectivity index (χ1) is 10.4. The predicted octanol–water partition coefficient (Wildman–Crippen LogP) is 1.59. The van der Waals surface area contributed by atoms with Crippen molar-refractivity contribution in [1.29, 1.82) is 0 Å². The number of aromatic nitrogens is 2. The topological polar surface area (TPSA) is 93.9 Å². The van der Waals surface area contributed by atoms with Gasteiger partial charge in [-0.05, 0) is 12.5 Å². The summed E-state index contributed by atoms with van der Waals surface area (Å²) in [5.41, 5.74) is -0.104. The molecule has 1 aromatic heterocycles. The van der Waals surface area contributed by atoms with E-state index in [9.17, 15) is 17.8 Å². The van der Waals surface area contributed by atoms with Crippen LogP contribution in [-0.2, 0) is 23.6 Å². The Kier molecular flexibility index (Phi) is 6.94. The fourth-order valence-corrected chi connectivity index (χ4v) is 2.49. The van der Waals surface area contributed by atoms with Crippen molar-refractivity contribution >= 4 is 16.4 Å². The molecule has 0 amide bonds. The first-order valence-electron chi connectivity index (χ1n) is 6.92. The minimum absolute atomic E-state index is 0.104. The minimum atomic E-state index is -4.53. The number of carbonyl (C=O) groups excluding carboxylic acids is 1. The van der Waals surface area contributed by atoms with Gasteiger partial charge in [-0.25, -0.2) is 18.0 Å². The van der Waals surface area contributed by atoms with Crippen LogP contribution >= 0.6 is 0 Å². The van der Waals surface area contributed by atoms with Crippen molar-refractivity contribution in [1.82, 2.24) is 4.98 Å². The predicted molar refractivity (Wildman–Crippen MR) is 80.4 cm³/mol.